The number of hydrogen-bond acceptors (Lipinski definition) is 3. The Bertz CT molecular complexity index is 1410. The Morgan fingerprint density at radius 1 is 0.812 bits per heavy atom. The van der Waals surface area contributed by atoms with Crippen molar-refractivity contribution in [3.05, 3.63) is 119 Å². The van der Waals surface area contributed by atoms with Crippen molar-refractivity contribution in [1.29, 1.82) is 0 Å². The molecule has 0 amide bonds. The van der Waals surface area contributed by atoms with E-state index in [1.54, 1.807) is 11.3 Å². The number of para-hydroxylation sites is 1. The number of fused-ring (bicyclic) bond motifs is 2. The molecule has 2 heterocycles. The minimum Gasteiger partial charge on any atom is -0.508 e. The maximum atomic E-state index is 10.9. The van der Waals surface area contributed by atoms with Crippen LogP contribution in [0.25, 0.3) is 21.2 Å². The number of rotatable bonds is 4. The van der Waals surface area contributed by atoms with E-state index in [2.05, 4.69) is 101 Å². The van der Waals surface area contributed by atoms with Crippen LogP contribution in [-0.4, -0.2) is 11.7 Å². The molecule has 1 aliphatic heterocycles. The van der Waals surface area contributed by atoms with Crippen molar-refractivity contribution < 1.29 is 5.11 Å². The number of thiophene rings is 1. The molecule has 156 valence electrons. The highest BCUT2D eigenvalue weighted by molar-refractivity contribution is 7.17. The van der Waals surface area contributed by atoms with Crippen LogP contribution in [0.3, 0.4) is 0 Å². The van der Waals surface area contributed by atoms with Gasteiger partial charge in [0.1, 0.15) is 5.75 Å². The number of aromatic hydroxyl groups is 1. The molecule has 1 aromatic heterocycles. The number of phenolic OH excluding ortho intramolecular Hbond substituents is 1. The topological polar surface area (TPSA) is 23.5 Å². The second-order valence-electron chi connectivity index (χ2n) is 8.38. The maximum absolute atomic E-state index is 10.9. The van der Waals surface area contributed by atoms with Crippen molar-refractivity contribution in [1.82, 2.24) is 0 Å². The first kappa shape index (κ1) is 19.1. The van der Waals surface area contributed by atoms with Crippen LogP contribution in [0.4, 0.5) is 5.69 Å². The number of nitrogens with zero attached hydrogens (tertiary/aromatic N) is 1. The lowest BCUT2D eigenvalue weighted by Gasteiger charge is -2.22. The molecule has 4 aromatic carbocycles. The fourth-order valence-corrected chi connectivity index (χ4v) is 5.78. The molecule has 1 atom stereocenters. The summed E-state index contributed by atoms with van der Waals surface area (Å²) in [5, 5.41) is 14.1. The zero-order valence-electron chi connectivity index (χ0n) is 17.6. The van der Waals surface area contributed by atoms with Gasteiger partial charge in [-0.05, 0) is 57.3 Å². The Morgan fingerprint density at radius 2 is 1.59 bits per heavy atom. The first-order valence-corrected chi connectivity index (χ1v) is 11.8. The monoisotopic (exact) mass is 433 g/mol. The van der Waals surface area contributed by atoms with Gasteiger partial charge in [-0.15, -0.1) is 11.3 Å². The van der Waals surface area contributed by atoms with Crippen LogP contribution >= 0.6 is 11.3 Å². The van der Waals surface area contributed by atoms with Gasteiger partial charge in [-0.2, -0.15) is 0 Å². The highest BCUT2D eigenvalue weighted by atomic mass is 32.1. The Labute approximate surface area is 192 Å². The molecule has 0 saturated heterocycles. The van der Waals surface area contributed by atoms with Gasteiger partial charge in [0, 0.05) is 35.0 Å². The Kier molecular flexibility index (Phi) is 4.70. The number of hydrogen-bond donors (Lipinski definition) is 1. The van der Waals surface area contributed by atoms with Gasteiger partial charge in [-0.1, -0.05) is 72.8 Å². The minimum atomic E-state index is 0.154. The lowest BCUT2D eigenvalue weighted by atomic mass is 9.92. The first-order valence-electron chi connectivity index (χ1n) is 11.0. The number of anilines is 1. The molecule has 2 nitrogen and oxygen atoms in total. The standard InChI is InChI=1S/C29H23NOS/c31-28-16-21-14-15-32-29(21)17-25(28)26-19-30(27-13-7-6-12-24(26)27)18-22-10-4-5-11-23(22)20-8-2-1-3-9-20/h1-17,26,31H,18-19H2. The number of phenols is 1. The molecule has 1 unspecified atom stereocenters. The summed E-state index contributed by atoms with van der Waals surface area (Å²) in [5.41, 5.74) is 7.39. The van der Waals surface area contributed by atoms with E-state index in [9.17, 15) is 5.11 Å². The van der Waals surface area contributed by atoms with E-state index in [-0.39, 0.29) is 5.92 Å². The molecule has 0 fully saturated rings. The van der Waals surface area contributed by atoms with Crippen molar-refractivity contribution in [3.8, 4) is 16.9 Å². The third kappa shape index (κ3) is 3.26. The molecule has 3 heteroatoms. The summed E-state index contributed by atoms with van der Waals surface area (Å²) in [6.07, 6.45) is 0. The highest BCUT2D eigenvalue weighted by Gasteiger charge is 2.31. The predicted octanol–water partition coefficient (Wildman–Crippen LogP) is 7.43. The van der Waals surface area contributed by atoms with Crippen molar-refractivity contribution in [3.63, 3.8) is 0 Å². The molecule has 5 aromatic rings. The van der Waals surface area contributed by atoms with Gasteiger partial charge in [-0.25, -0.2) is 0 Å². The molecule has 6 rings (SSSR count). The second kappa shape index (κ2) is 7.85. The van der Waals surface area contributed by atoms with Crippen LogP contribution in [0.1, 0.15) is 22.6 Å². The summed E-state index contributed by atoms with van der Waals surface area (Å²) in [5.74, 6) is 0.545. The Morgan fingerprint density at radius 3 is 2.50 bits per heavy atom. The molecule has 1 aliphatic rings. The van der Waals surface area contributed by atoms with E-state index in [0.29, 0.717) is 5.75 Å². The molecular weight excluding hydrogens is 410 g/mol. The fourth-order valence-electron chi connectivity index (χ4n) is 4.96. The van der Waals surface area contributed by atoms with Crippen LogP contribution in [0, 0.1) is 0 Å². The van der Waals surface area contributed by atoms with Crippen LogP contribution in [-0.2, 0) is 6.54 Å². The minimum absolute atomic E-state index is 0.154. The van der Waals surface area contributed by atoms with E-state index >= 15 is 0 Å². The summed E-state index contributed by atoms with van der Waals surface area (Å²) >= 11 is 1.73. The molecule has 0 aliphatic carbocycles. The Hall–Kier alpha value is -3.56. The summed E-state index contributed by atoms with van der Waals surface area (Å²) in [4.78, 5) is 2.46. The van der Waals surface area contributed by atoms with Crippen molar-refractivity contribution in [2.75, 3.05) is 11.4 Å². The van der Waals surface area contributed by atoms with Gasteiger partial charge in [-0.3, -0.25) is 0 Å². The quantitative estimate of drug-likeness (QED) is 0.319. The van der Waals surface area contributed by atoms with Gasteiger partial charge in [0.2, 0.25) is 0 Å². The third-order valence-corrected chi connectivity index (χ3v) is 7.38. The zero-order chi connectivity index (χ0) is 21.5. The van der Waals surface area contributed by atoms with Gasteiger partial charge in [0.05, 0.1) is 0 Å². The third-order valence-electron chi connectivity index (χ3n) is 6.50. The summed E-state index contributed by atoms with van der Waals surface area (Å²) in [6, 6.07) is 34.1. The van der Waals surface area contributed by atoms with Crippen molar-refractivity contribution in [2.24, 2.45) is 0 Å². The SMILES string of the molecule is Oc1cc2ccsc2cc1C1CN(Cc2ccccc2-c2ccccc2)c2ccccc21. The Balaban J connectivity index is 1.39. The number of benzene rings is 4. The lowest BCUT2D eigenvalue weighted by molar-refractivity contribution is 0.466. The van der Waals surface area contributed by atoms with Crippen LogP contribution in [0.5, 0.6) is 5.75 Å². The van der Waals surface area contributed by atoms with E-state index in [1.165, 1.54) is 32.6 Å². The normalized spacial score (nSPS) is 15.2. The smallest absolute Gasteiger partial charge is 0.120 e. The van der Waals surface area contributed by atoms with Crippen molar-refractivity contribution >= 4 is 27.1 Å². The molecule has 1 N–H and O–H groups in total. The molecule has 32 heavy (non-hydrogen) atoms. The zero-order valence-corrected chi connectivity index (χ0v) is 18.4. The maximum Gasteiger partial charge on any atom is 0.120 e. The largest absolute Gasteiger partial charge is 0.508 e. The van der Waals surface area contributed by atoms with Gasteiger partial charge >= 0.3 is 0 Å². The summed E-state index contributed by atoms with van der Waals surface area (Å²) in [7, 11) is 0. The van der Waals surface area contributed by atoms with Gasteiger partial charge < -0.3 is 10.0 Å². The molecule has 0 saturated carbocycles. The second-order valence-corrected chi connectivity index (χ2v) is 9.33. The predicted molar refractivity (Wildman–Crippen MR) is 135 cm³/mol. The van der Waals surface area contributed by atoms with E-state index in [0.717, 1.165) is 24.0 Å². The average molecular weight is 434 g/mol. The van der Waals surface area contributed by atoms with E-state index in [1.807, 2.05) is 6.07 Å². The molecule has 0 spiro atoms. The summed E-state index contributed by atoms with van der Waals surface area (Å²) in [6.45, 7) is 1.69. The van der Waals surface area contributed by atoms with Crippen LogP contribution < -0.4 is 4.90 Å². The molecular formula is C29H23NOS. The van der Waals surface area contributed by atoms with E-state index < -0.39 is 0 Å². The van der Waals surface area contributed by atoms with Crippen LogP contribution in [0.2, 0.25) is 0 Å². The van der Waals surface area contributed by atoms with Gasteiger partial charge in [0.15, 0.2) is 0 Å². The highest BCUT2D eigenvalue weighted by Crippen LogP contribution is 2.45. The summed E-state index contributed by atoms with van der Waals surface area (Å²) < 4.78 is 1.23. The molecule has 0 bridgehead atoms. The molecule has 0 radical (unpaired) electrons. The average Bonchev–Trinajstić information content (AvgIpc) is 3.44. The first-order chi connectivity index (χ1) is 15.8. The van der Waals surface area contributed by atoms with Crippen LogP contribution in [0.15, 0.2) is 102 Å². The van der Waals surface area contributed by atoms with Gasteiger partial charge in [0.25, 0.3) is 0 Å². The lowest BCUT2D eigenvalue weighted by Crippen LogP contribution is -2.22. The van der Waals surface area contributed by atoms with E-state index in [4.69, 9.17) is 0 Å². The van der Waals surface area contributed by atoms with Crippen molar-refractivity contribution in [2.45, 2.75) is 12.5 Å². The fraction of sp³-hybridized carbons (Fsp3) is 0.103.